The Morgan fingerprint density at radius 1 is 1.24 bits per heavy atom. The van der Waals surface area contributed by atoms with Crippen LogP contribution in [-0.4, -0.2) is 37.1 Å². The predicted molar refractivity (Wildman–Crippen MR) is 96.3 cm³/mol. The van der Waals surface area contributed by atoms with Crippen LogP contribution in [0.2, 0.25) is 5.02 Å². The molecule has 4 rings (SSSR count). The summed E-state index contributed by atoms with van der Waals surface area (Å²) in [6.07, 6.45) is 1.67. The first kappa shape index (κ1) is 15.9. The van der Waals surface area contributed by atoms with E-state index in [1.807, 2.05) is 4.90 Å². The van der Waals surface area contributed by atoms with Crippen molar-refractivity contribution in [3.63, 3.8) is 0 Å². The Kier molecular flexibility index (Phi) is 4.07. The van der Waals surface area contributed by atoms with E-state index in [1.165, 1.54) is 0 Å². The van der Waals surface area contributed by atoms with Gasteiger partial charge in [0.05, 0.1) is 24.5 Å². The number of benzene rings is 1. The number of ether oxygens (including phenoxy) is 1. The van der Waals surface area contributed by atoms with E-state index in [1.54, 1.807) is 36.5 Å². The molecular formula is C18H16ClN3O3. The van der Waals surface area contributed by atoms with Gasteiger partial charge in [0.2, 0.25) is 5.78 Å². The van der Waals surface area contributed by atoms with Crippen molar-refractivity contribution in [3.8, 4) is 0 Å². The van der Waals surface area contributed by atoms with Gasteiger partial charge in [-0.2, -0.15) is 0 Å². The van der Waals surface area contributed by atoms with E-state index >= 15 is 0 Å². The second-order valence-electron chi connectivity index (χ2n) is 5.79. The highest BCUT2D eigenvalue weighted by atomic mass is 35.5. The third-order valence-electron chi connectivity index (χ3n) is 4.24. The molecule has 0 aliphatic carbocycles. The molecule has 0 amide bonds. The number of pyridine rings is 1. The van der Waals surface area contributed by atoms with Crippen molar-refractivity contribution < 1.29 is 13.9 Å². The maximum absolute atomic E-state index is 13.1. The normalized spacial score (nSPS) is 14.8. The Bertz CT molecular complexity index is 948. The second-order valence-corrected chi connectivity index (χ2v) is 6.22. The molecule has 128 valence electrons. The summed E-state index contributed by atoms with van der Waals surface area (Å²) in [6.45, 7) is 2.58. The molecule has 0 saturated carbocycles. The second kappa shape index (κ2) is 6.38. The van der Waals surface area contributed by atoms with Gasteiger partial charge in [-0.15, -0.1) is 0 Å². The lowest BCUT2D eigenvalue weighted by Gasteiger charge is -2.28. The van der Waals surface area contributed by atoms with E-state index in [2.05, 4.69) is 4.98 Å². The Morgan fingerprint density at radius 3 is 2.84 bits per heavy atom. The summed E-state index contributed by atoms with van der Waals surface area (Å²) >= 11 is 6.01. The van der Waals surface area contributed by atoms with Gasteiger partial charge in [0, 0.05) is 29.7 Å². The van der Waals surface area contributed by atoms with E-state index in [-0.39, 0.29) is 11.5 Å². The number of halogens is 1. The SMILES string of the molecule is Nc1c(C(=O)c2cccnc2N2CCOCC2)oc2ccc(Cl)cc12. The highest BCUT2D eigenvalue weighted by molar-refractivity contribution is 6.31. The lowest BCUT2D eigenvalue weighted by molar-refractivity contribution is 0.101. The van der Waals surface area contributed by atoms with Crippen LogP contribution in [0.25, 0.3) is 11.0 Å². The minimum Gasteiger partial charge on any atom is -0.450 e. The number of rotatable bonds is 3. The third kappa shape index (κ3) is 2.83. The average Bonchev–Trinajstić information content (AvgIpc) is 2.98. The molecule has 6 nitrogen and oxygen atoms in total. The molecule has 2 N–H and O–H groups in total. The average molecular weight is 358 g/mol. The van der Waals surface area contributed by atoms with Gasteiger partial charge in [0.1, 0.15) is 11.4 Å². The van der Waals surface area contributed by atoms with Crippen LogP contribution in [0.5, 0.6) is 0 Å². The van der Waals surface area contributed by atoms with Gasteiger partial charge < -0.3 is 19.8 Å². The summed E-state index contributed by atoms with van der Waals surface area (Å²) in [5, 5.41) is 1.17. The van der Waals surface area contributed by atoms with Gasteiger partial charge >= 0.3 is 0 Å². The zero-order chi connectivity index (χ0) is 17.4. The fraction of sp³-hybridized carbons (Fsp3) is 0.222. The standard InChI is InChI=1S/C18H16ClN3O3/c19-11-3-4-14-13(10-11)15(20)17(25-14)16(23)12-2-1-5-21-18(12)22-6-8-24-9-7-22/h1-5,10H,6-9,20H2. The molecular weight excluding hydrogens is 342 g/mol. The Labute approximate surface area is 149 Å². The molecule has 3 heterocycles. The van der Waals surface area contributed by atoms with Crippen LogP contribution in [0, 0.1) is 0 Å². The number of anilines is 2. The van der Waals surface area contributed by atoms with Crippen molar-refractivity contribution in [2.45, 2.75) is 0 Å². The zero-order valence-electron chi connectivity index (χ0n) is 13.4. The maximum Gasteiger partial charge on any atom is 0.234 e. The summed E-state index contributed by atoms with van der Waals surface area (Å²) in [5.41, 5.74) is 7.43. The molecule has 0 spiro atoms. The van der Waals surface area contributed by atoms with Crippen LogP contribution in [0.1, 0.15) is 16.1 Å². The number of nitrogens with two attached hydrogens (primary N) is 1. The molecule has 0 unspecified atom stereocenters. The van der Waals surface area contributed by atoms with Gasteiger partial charge in [-0.1, -0.05) is 11.6 Å². The van der Waals surface area contributed by atoms with E-state index < -0.39 is 0 Å². The molecule has 1 aliphatic heterocycles. The fourth-order valence-corrected chi connectivity index (χ4v) is 3.15. The molecule has 7 heteroatoms. The van der Waals surface area contributed by atoms with Crippen molar-refractivity contribution in [2.24, 2.45) is 0 Å². The van der Waals surface area contributed by atoms with Crippen molar-refractivity contribution in [3.05, 3.63) is 52.9 Å². The monoisotopic (exact) mass is 357 g/mol. The fourth-order valence-electron chi connectivity index (χ4n) is 2.98. The number of hydrogen-bond donors (Lipinski definition) is 1. The molecule has 25 heavy (non-hydrogen) atoms. The van der Waals surface area contributed by atoms with Gasteiger partial charge in [-0.05, 0) is 30.3 Å². The Morgan fingerprint density at radius 2 is 2.04 bits per heavy atom. The summed E-state index contributed by atoms with van der Waals surface area (Å²) in [6, 6.07) is 8.56. The lowest BCUT2D eigenvalue weighted by Crippen LogP contribution is -2.37. The number of ketones is 1. The molecule has 3 aromatic rings. The van der Waals surface area contributed by atoms with Crippen molar-refractivity contribution in [1.29, 1.82) is 0 Å². The molecule has 0 atom stereocenters. The van der Waals surface area contributed by atoms with Gasteiger partial charge in [-0.25, -0.2) is 4.98 Å². The predicted octanol–water partition coefficient (Wildman–Crippen LogP) is 3.13. The number of nitrogens with zero attached hydrogens (tertiary/aromatic N) is 2. The van der Waals surface area contributed by atoms with Crippen molar-refractivity contribution in [2.75, 3.05) is 36.9 Å². The zero-order valence-corrected chi connectivity index (χ0v) is 14.1. The first-order valence-electron chi connectivity index (χ1n) is 7.95. The number of fused-ring (bicyclic) bond motifs is 1. The summed E-state index contributed by atoms with van der Waals surface area (Å²) in [7, 11) is 0. The molecule has 0 radical (unpaired) electrons. The summed E-state index contributed by atoms with van der Waals surface area (Å²) in [4.78, 5) is 19.5. The van der Waals surface area contributed by atoms with E-state index in [0.717, 1.165) is 0 Å². The number of furan rings is 1. The van der Waals surface area contributed by atoms with Crippen LogP contribution in [0.3, 0.4) is 0 Å². The first-order chi connectivity index (χ1) is 12.1. The van der Waals surface area contributed by atoms with Crippen LogP contribution < -0.4 is 10.6 Å². The summed E-state index contributed by atoms with van der Waals surface area (Å²) < 4.78 is 11.1. The maximum atomic E-state index is 13.1. The topological polar surface area (TPSA) is 81.6 Å². The van der Waals surface area contributed by atoms with Crippen LogP contribution in [0.4, 0.5) is 11.5 Å². The Balaban J connectivity index is 1.78. The number of nitrogen functional groups attached to an aromatic ring is 1. The van der Waals surface area contributed by atoms with Gasteiger partial charge in [0.15, 0.2) is 5.76 Å². The first-order valence-corrected chi connectivity index (χ1v) is 8.33. The van der Waals surface area contributed by atoms with E-state index in [9.17, 15) is 4.79 Å². The highest BCUT2D eigenvalue weighted by Gasteiger charge is 2.25. The van der Waals surface area contributed by atoms with Gasteiger partial charge in [-0.3, -0.25) is 4.79 Å². The van der Waals surface area contributed by atoms with Crippen LogP contribution >= 0.6 is 11.6 Å². The third-order valence-corrected chi connectivity index (χ3v) is 4.47. The number of carbonyl (C=O) groups excluding carboxylic acids is 1. The minimum atomic E-state index is -0.292. The van der Waals surface area contributed by atoms with Crippen molar-refractivity contribution >= 4 is 39.9 Å². The minimum absolute atomic E-state index is 0.111. The molecule has 1 saturated heterocycles. The summed E-state index contributed by atoms with van der Waals surface area (Å²) in [5.74, 6) is 0.438. The smallest absolute Gasteiger partial charge is 0.234 e. The van der Waals surface area contributed by atoms with E-state index in [4.69, 9.17) is 26.5 Å². The molecule has 1 aliphatic rings. The lowest BCUT2D eigenvalue weighted by atomic mass is 10.1. The van der Waals surface area contributed by atoms with Crippen LogP contribution in [-0.2, 0) is 4.74 Å². The largest absolute Gasteiger partial charge is 0.450 e. The molecule has 1 fully saturated rings. The quantitative estimate of drug-likeness (QED) is 0.725. The number of hydrogen-bond acceptors (Lipinski definition) is 6. The number of aromatic nitrogens is 1. The number of carbonyl (C=O) groups is 1. The molecule has 2 aromatic heterocycles. The van der Waals surface area contributed by atoms with Crippen LogP contribution in [0.15, 0.2) is 40.9 Å². The number of morpholine rings is 1. The Hall–Kier alpha value is -2.57. The highest BCUT2D eigenvalue weighted by Crippen LogP contribution is 2.33. The van der Waals surface area contributed by atoms with Gasteiger partial charge in [0.25, 0.3) is 0 Å². The molecule has 1 aromatic carbocycles. The van der Waals surface area contributed by atoms with Crippen molar-refractivity contribution in [1.82, 2.24) is 4.98 Å². The molecule has 0 bridgehead atoms. The van der Waals surface area contributed by atoms with E-state index in [0.29, 0.717) is 59.4 Å².